The normalized spacial score (nSPS) is 10.4. The van der Waals surface area contributed by atoms with Crippen molar-refractivity contribution in [3.8, 4) is 22.6 Å². The van der Waals surface area contributed by atoms with Gasteiger partial charge in [-0.05, 0) is 47.9 Å². The standard InChI is InChI=1S/C26H22N2O2/c29-26(28-16-15-20-7-3-1-4-8-20)23-17-22(18-27-19-23)21-11-13-25(14-12-21)30-24-9-5-2-6-10-24/h1-14,17-19H,15-16H2,(H,28,29). The molecular weight excluding hydrogens is 372 g/mol. The van der Waals surface area contributed by atoms with Crippen LogP contribution in [0.4, 0.5) is 0 Å². The first kappa shape index (κ1) is 19.4. The molecule has 1 aromatic heterocycles. The van der Waals surface area contributed by atoms with Gasteiger partial charge in [-0.25, -0.2) is 0 Å². The third-order valence-electron chi connectivity index (χ3n) is 4.71. The molecule has 0 aliphatic rings. The highest BCUT2D eigenvalue weighted by Crippen LogP contribution is 2.25. The summed E-state index contributed by atoms with van der Waals surface area (Å²) in [5.41, 5.74) is 3.60. The molecule has 4 nitrogen and oxygen atoms in total. The molecule has 4 heteroatoms. The second kappa shape index (κ2) is 9.52. The van der Waals surface area contributed by atoms with Gasteiger partial charge in [0.05, 0.1) is 5.56 Å². The number of aromatic nitrogens is 1. The van der Waals surface area contributed by atoms with Crippen LogP contribution in [0.2, 0.25) is 0 Å². The van der Waals surface area contributed by atoms with Crippen LogP contribution in [-0.4, -0.2) is 17.4 Å². The Morgan fingerprint density at radius 1 is 0.767 bits per heavy atom. The van der Waals surface area contributed by atoms with E-state index in [2.05, 4.69) is 22.4 Å². The fourth-order valence-corrected chi connectivity index (χ4v) is 3.13. The number of hydrogen-bond donors (Lipinski definition) is 1. The first-order chi connectivity index (χ1) is 14.8. The number of rotatable bonds is 7. The van der Waals surface area contributed by atoms with Crippen molar-refractivity contribution in [2.75, 3.05) is 6.54 Å². The van der Waals surface area contributed by atoms with Gasteiger partial charge in [-0.1, -0.05) is 60.7 Å². The Morgan fingerprint density at radius 3 is 2.17 bits per heavy atom. The number of hydrogen-bond acceptors (Lipinski definition) is 3. The van der Waals surface area contributed by atoms with Crippen LogP contribution in [0.5, 0.6) is 11.5 Å². The van der Waals surface area contributed by atoms with E-state index in [1.807, 2.05) is 78.9 Å². The van der Waals surface area contributed by atoms with Gasteiger partial charge in [0.1, 0.15) is 11.5 Å². The van der Waals surface area contributed by atoms with Crippen molar-refractivity contribution in [1.29, 1.82) is 0 Å². The number of nitrogens with one attached hydrogen (secondary N) is 1. The summed E-state index contributed by atoms with van der Waals surface area (Å²) in [7, 11) is 0. The van der Waals surface area contributed by atoms with Gasteiger partial charge in [-0.3, -0.25) is 9.78 Å². The maximum absolute atomic E-state index is 12.5. The zero-order valence-electron chi connectivity index (χ0n) is 16.5. The van der Waals surface area contributed by atoms with Crippen molar-refractivity contribution in [2.24, 2.45) is 0 Å². The van der Waals surface area contributed by atoms with Crippen LogP contribution in [0.15, 0.2) is 103 Å². The molecule has 0 radical (unpaired) electrons. The largest absolute Gasteiger partial charge is 0.457 e. The molecule has 1 heterocycles. The maximum Gasteiger partial charge on any atom is 0.252 e. The average molecular weight is 394 g/mol. The van der Waals surface area contributed by atoms with E-state index < -0.39 is 0 Å². The van der Waals surface area contributed by atoms with Gasteiger partial charge >= 0.3 is 0 Å². The molecule has 3 aromatic carbocycles. The Morgan fingerprint density at radius 2 is 1.43 bits per heavy atom. The van der Waals surface area contributed by atoms with Gasteiger partial charge in [-0.15, -0.1) is 0 Å². The zero-order valence-corrected chi connectivity index (χ0v) is 16.5. The highest BCUT2D eigenvalue weighted by molar-refractivity contribution is 5.95. The van der Waals surface area contributed by atoms with Crippen LogP contribution in [0.3, 0.4) is 0 Å². The smallest absolute Gasteiger partial charge is 0.252 e. The molecule has 0 bridgehead atoms. The van der Waals surface area contributed by atoms with Gasteiger partial charge in [0.2, 0.25) is 0 Å². The summed E-state index contributed by atoms with van der Waals surface area (Å²) in [6.07, 6.45) is 4.14. The van der Waals surface area contributed by atoms with Crippen LogP contribution >= 0.6 is 0 Å². The lowest BCUT2D eigenvalue weighted by atomic mass is 10.1. The molecule has 148 valence electrons. The third-order valence-corrected chi connectivity index (χ3v) is 4.71. The molecule has 0 unspecified atom stereocenters. The summed E-state index contributed by atoms with van der Waals surface area (Å²) in [6, 6.07) is 29.4. The number of amides is 1. The van der Waals surface area contributed by atoms with E-state index in [1.54, 1.807) is 12.4 Å². The summed E-state index contributed by atoms with van der Waals surface area (Å²) in [5, 5.41) is 2.96. The van der Waals surface area contributed by atoms with Crippen LogP contribution in [-0.2, 0) is 6.42 Å². The molecule has 4 rings (SSSR count). The van der Waals surface area contributed by atoms with E-state index in [0.29, 0.717) is 12.1 Å². The molecule has 30 heavy (non-hydrogen) atoms. The molecule has 1 amide bonds. The summed E-state index contributed by atoms with van der Waals surface area (Å²) < 4.78 is 5.83. The summed E-state index contributed by atoms with van der Waals surface area (Å²) in [5.74, 6) is 1.43. The van der Waals surface area contributed by atoms with Gasteiger partial charge in [-0.2, -0.15) is 0 Å². The van der Waals surface area contributed by atoms with E-state index >= 15 is 0 Å². The lowest BCUT2D eigenvalue weighted by molar-refractivity contribution is 0.0954. The fraction of sp³-hybridized carbons (Fsp3) is 0.0769. The van der Waals surface area contributed by atoms with E-state index in [-0.39, 0.29) is 5.91 Å². The molecule has 0 spiro atoms. The first-order valence-corrected chi connectivity index (χ1v) is 9.88. The Labute approximate surface area is 176 Å². The zero-order chi connectivity index (χ0) is 20.6. The Kier molecular flexibility index (Phi) is 6.16. The SMILES string of the molecule is O=C(NCCc1ccccc1)c1cncc(-c2ccc(Oc3ccccc3)cc2)c1. The predicted octanol–water partition coefficient (Wildman–Crippen LogP) is 5.51. The molecule has 0 fully saturated rings. The van der Waals surface area contributed by atoms with Crippen LogP contribution < -0.4 is 10.1 Å². The first-order valence-electron chi connectivity index (χ1n) is 9.88. The lowest BCUT2D eigenvalue weighted by Crippen LogP contribution is -2.25. The topological polar surface area (TPSA) is 51.2 Å². The summed E-state index contributed by atoms with van der Waals surface area (Å²) >= 11 is 0. The Balaban J connectivity index is 1.39. The highest BCUT2D eigenvalue weighted by atomic mass is 16.5. The molecule has 0 aliphatic carbocycles. The number of carbonyl (C=O) groups is 1. The Bertz CT molecular complexity index is 1090. The second-order valence-corrected chi connectivity index (χ2v) is 6.89. The Hall–Kier alpha value is -3.92. The van der Waals surface area contributed by atoms with Crippen molar-refractivity contribution in [3.05, 3.63) is 115 Å². The second-order valence-electron chi connectivity index (χ2n) is 6.89. The average Bonchev–Trinajstić information content (AvgIpc) is 2.81. The molecule has 4 aromatic rings. The minimum Gasteiger partial charge on any atom is -0.457 e. The van der Waals surface area contributed by atoms with Gasteiger partial charge < -0.3 is 10.1 Å². The highest BCUT2D eigenvalue weighted by Gasteiger charge is 2.08. The van der Waals surface area contributed by atoms with E-state index in [4.69, 9.17) is 4.74 Å². The minimum absolute atomic E-state index is 0.121. The molecule has 0 aliphatic heterocycles. The number of benzene rings is 3. The van der Waals surface area contributed by atoms with Crippen molar-refractivity contribution < 1.29 is 9.53 Å². The van der Waals surface area contributed by atoms with Crippen molar-refractivity contribution in [1.82, 2.24) is 10.3 Å². The minimum atomic E-state index is -0.121. The number of nitrogens with zero attached hydrogens (tertiary/aromatic N) is 1. The van der Waals surface area contributed by atoms with Gasteiger partial charge in [0.15, 0.2) is 0 Å². The van der Waals surface area contributed by atoms with E-state index in [1.165, 1.54) is 5.56 Å². The number of carbonyl (C=O) groups excluding carboxylic acids is 1. The maximum atomic E-state index is 12.5. The monoisotopic (exact) mass is 394 g/mol. The summed E-state index contributed by atoms with van der Waals surface area (Å²) in [6.45, 7) is 0.582. The predicted molar refractivity (Wildman–Crippen MR) is 119 cm³/mol. The van der Waals surface area contributed by atoms with Gasteiger partial charge in [0.25, 0.3) is 5.91 Å². The number of pyridine rings is 1. The number of ether oxygens (including phenoxy) is 1. The van der Waals surface area contributed by atoms with E-state index in [0.717, 1.165) is 29.0 Å². The lowest BCUT2D eigenvalue weighted by Gasteiger charge is -2.09. The van der Waals surface area contributed by atoms with Gasteiger partial charge in [0, 0.05) is 24.5 Å². The molecule has 0 saturated carbocycles. The third kappa shape index (κ3) is 5.11. The quantitative estimate of drug-likeness (QED) is 0.449. The summed E-state index contributed by atoms with van der Waals surface area (Å²) in [4.78, 5) is 16.8. The van der Waals surface area contributed by atoms with Crippen molar-refractivity contribution in [2.45, 2.75) is 6.42 Å². The van der Waals surface area contributed by atoms with Crippen LogP contribution in [0, 0.1) is 0 Å². The van der Waals surface area contributed by atoms with Crippen molar-refractivity contribution >= 4 is 5.91 Å². The van der Waals surface area contributed by atoms with Crippen LogP contribution in [0.25, 0.3) is 11.1 Å². The van der Waals surface area contributed by atoms with Crippen LogP contribution in [0.1, 0.15) is 15.9 Å². The fourth-order valence-electron chi connectivity index (χ4n) is 3.13. The number of para-hydroxylation sites is 1. The molecule has 0 atom stereocenters. The van der Waals surface area contributed by atoms with Crippen molar-refractivity contribution in [3.63, 3.8) is 0 Å². The molecule has 0 saturated heterocycles. The molecular formula is C26H22N2O2. The molecule has 1 N–H and O–H groups in total. The van der Waals surface area contributed by atoms with E-state index in [9.17, 15) is 4.79 Å².